The van der Waals surface area contributed by atoms with E-state index in [1.54, 1.807) is 12.1 Å². The third-order valence-corrected chi connectivity index (χ3v) is 6.19. The predicted octanol–water partition coefficient (Wildman–Crippen LogP) is 3.27. The number of likely N-dealkylation sites (tertiary alicyclic amines) is 1. The van der Waals surface area contributed by atoms with Crippen LogP contribution in [0, 0.1) is 5.82 Å². The smallest absolute Gasteiger partial charge is 0.127 e. The molecule has 150 valence electrons. The van der Waals surface area contributed by atoms with Gasteiger partial charge in [-0.25, -0.2) is 4.39 Å². The molecule has 2 aliphatic heterocycles. The van der Waals surface area contributed by atoms with Crippen LogP contribution in [0.15, 0.2) is 48.5 Å². The summed E-state index contributed by atoms with van der Waals surface area (Å²) in [5.74, 6) is -0.240. The summed E-state index contributed by atoms with van der Waals surface area (Å²) in [5.41, 5.74) is 0.612. The molecule has 0 unspecified atom stereocenters. The maximum Gasteiger partial charge on any atom is 0.127 e. The van der Waals surface area contributed by atoms with Crippen molar-refractivity contribution in [3.05, 3.63) is 70.5 Å². The summed E-state index contributed by atoms with van der Waals surface area (Å²) in [4.78, 5) is 4.53. The topological polar surface area (TPSA) is 35.9 Å². The average Bonchev–Trinajstić information content (AvgIpc) is 2.73. The SMILES string of the molecule is O[C@]1(c2ccccc2)CCN(Cc2cc(Cl)ccc2F)C[C@H]1N1CCOCC1. The zero-order chi connectivity index (χ0) is 19.6. The zero-order valence-electron chi connectivity index (χ0n) is 15.9. The monoisotopic (exact) mass is 404 g/mol. The summed E-state index contributed by atoms with van der Waals surface area (Å²) in [6, 6.07) is 14.5. The first kappa shape index (κ1) is 19.8. The van der Waals surface area contributed by atoms with Crippen molar-refractivity contribution in [1.82, 2.24) is 9.80 Å². The van der Waals surface area contributed by atoms with Gasteiger partial charge in [0.2, 0.25) is 0 Å². The number of rotatable bonds is 4. The number of aliphatic hydroxyl groups is 1. The van der Waals surface area contributed by atoms with E-state index >= 15 is 0 Å². The molecule has 2 aromatic carbocycles. The summed E-state index contributed by atoms with van der Waals surface area (Å²) in [7, 11) is 0. The van der Waals surface area contributed by atoms with E-state index in [1.807, 2.05) is 30.3 Å². The van der Waals surface area contributed by atoms with Crippen molar-refractivity contribution in [2.75, 3.05) is 39.4 Å². The molecule has 2 heterocycles. The molecule has 0 saturated carbocycles. The number of benzene rings is 2. The van der Waals surface area contributed by atoms with E-state index in [1.165, 1.54) is 6.07 Å². The van der Waals surface area contributed by atoms with Crippen LogP contribution in [0.5, 0.6) is 0 Å². The van der Waals surface area contributed by atoms with E-state index in [0.717, 1.165) is 18.7 Å². The van der Waals surface area contributed by atoms with Gasteiger partial charge in [-0.1, -0.05) is 41.9 Å². The van der Waals surface area contributed by atoms with Crippen LogP contribution in [0.1, 0.15) is 17.5 Å². The molecule has 2 atom stereocenters. The Hall–Kier alpha value is -1.50. The molecule has 2 aliphatic rings. The standard InChI is InChI=1S/C22H26ClFN2O2/c23-19-6-7-20(24)17(14-19)15-25-9-8-22(27,18-4-2-1-3-5-18)21(16-25)26-10-12-28-13-11-26/h1-7,14,21,27H,8-13,15-16H2/t21-,22+/m1/s1. The molecule has 28 heavy (non-hydrogen) atoms. The summed E-state index contributed by atoms with van der Waals surface area (Å²) < 4.78 is 19.7. The molecule has 0 amide bonds. The van der Waals surface area contributed by atoms with Crippen LogP contribution >= 0.6 is 11.6 Å². The van der Waals surface area contributed by atoms with Gasteiger partial charge >= 0.3 is 0 Å². The van der Waals surface area contributed by atoms with E-state index in [-0.39, 0.29) is 11.9 Å². The number of nitrogens with zero attached hydrogens (tertiary/aromatic N) is 2. The lowest BCUT2D eigenvalue weighted by atomic mass is 9.79. The quantitative estimate of drug-likeness (QED) is 0.848. The van der Waals surface area contributed by atoms with Gasteiger partial charge < -0.3 is 9.84 Å². The summed E-state index contributed by atoms with van der Waals surface area (Å²) in [5, 5.41) is 12.3. The average molecular weight is 405 g/mol. The summed E-state index contributed by atoms with van der Waals surface area (Å²) in [6.45, 7) is 4.76. The normalized spacial score (nSPS) is 27.0. The third kappa shape index (κ3) is 4.09. The van der Waals surface area contributed by atoms with Gasteiger partial charge in [-0.3, -0.25) is 9.80 Å². The molecule has 2 aromatic rings. The largest absolute Gasteiger partial charge is 0.383 e. The van der Waals surface area contributed by atoms with E-state index in [4.69, 9.17) is 16.3 Å². The fourth-order valence-electron chi connectivity index (χ4n) is 4.40. The predicted molar refractivity (Wildman–Crippen MR) is 108 cm³/mol. The maximum atomic E-state index is 14.2. The van der Waals surface area contributed by atoms with Gasteiger partial charge in [0.05, 0.1) is 19.3 Å². The molecular weight excluding hydrogens is 379 g/mol. The Kier molecular flexibility index (Phi) is 5.99. The molecule has 4 nitrogen and oxygen atoms in total. The molecule has 0 aromatic heterocycles. The Labute approximate surface area is 170 Å². The second-order valence-corrected chi connectivity index (χ2v) is 8.11. The minimum Gasteiger partial charge on any atom is -0.383 e. The summed E-state index contributed by atoms with van der Waals surface area (Å²) in [6.07, 6.45) is 0.598. The van der Waals surface area contributed by atoms with Crippen LogP contribution in [0.25, 0.3) is 0 Å². The molecule has 6 heteroatoms. The van der Waals surface area contributed by atoms with E-state index in [0.29, 0.717) is 49.9 Å². The molecular formula is C22H26ClFN2O2. The van der Waals surface area contributed by atoms with Gasteiger partial charge in [0.15, 0.2) is 0 Å². The highest BCUT2D eigenvalue weighted by Gasteiger charge is 2.46. The number of halogens is 2. The van der Waals surface area contributed by atoms with Crippen molar-refractivity contribution < 1.29 is 14.2 Å². The van der Waals surface area contributed by atoms with E-state index < -0.39 is 5.60 Å². The minimum atomic E-state index is -0.929. The van der Waals surface area contributed by atoms with E-state index in [2.05, 4.69) is 9.80 Å². The number of morpholine rings is 1. The first-order valence-electron chi connectivity index (χ1n) is 9.82. The van der Waals surface area contributed by atoms with E-state index in [9.17, 15) is 9.50 Å². The molecule has 0 spiro atoms. The van der Waals surface area contributed by atoms with Crippen LogP contribution in [0.2, 0.25) is 5.02 Å². The van der Waals surface area contributed by atoms with Crippen molar-refractivity contribution in [3.63, 3.8) is 0 Å². The van der Waals surface area contributed by atoms with Crippen molar-refractivity contribution in [2.24, 2.45) is 0 Å². The first-order valence-corrected chi connectivity index (χ1v) is 10.2. The maximum absolute atomic E-state index is 14.2. The minimum absolute atomic E-state index is 0.0743. The highest BCUT2D eigenvalue weighted by molar-refractivity contribution is 6.30. The Morgan fingerprint density at radius 2 is 1.86 bits per heavy atom. The zero-order valence-corrected chi connectivity index (χ0v) is 16.6. The Morgan fingerprint density at radius 1 is 1.11 bits per heavy atom. The van der Waals surface area contributed by atoms with Crippen molar-refractivity contribution >= 4 is 11.6 Å². The van der Waals surface area contributed by atoms with Crippen molar-refractivity contribution in [2.45, 2.75) is 24.6 Å². The summed E-state index contributed by atoms with van der Waals surface area (Å²) >= 11 is 6.06. The van der Waals surface area contributed by atoms with Crippen LogP contribution in [-0.2, 0) is 16.9 Å². The van der Waals surface area contributed by atoms with Gasteiger partial charge in [-0.05, 0) is 30.2 Å². The third-order valence-electron chi connectivity index (χ3n) is 5.95. The Bertz CT molecular complexity index is 800. The van der Waals surface area contributed by atoms with Crippen LogP contribution in [-0.4, -0.2) is 60.3 Å². The number of hydrogen-bond donors (Lipinski definition) is 1. The van der Waals surface area contributed by atoms with Gasteiger partial charge in [-0.15, -0.1) is 0 Å². The number of piperidine rings is 1. The van der Waals surface area contributed by atoms with Crippen molar-refractivity contribution in [3.8, 4) is 0 Å². The highest BCUT2D eigenvalue weighted by atomic mass is 35.5. The van der Waals surface area contributed by atoms with Gasteiger partial charge in [0.1, 0.15) is 11.4 Å². The Morgan fingerprint density at radius 3 is 2.61 bits per heavy atom. The second kappa shape index (κ2) is 8.47. The fraction of sp³-hybridized carbons (Fsp3) is 0.455. The highest BCUT2D eigenvalue weighted by Crippen LogP contribution is 2.37. The van der Waals surface area contributed by atoms with Crippen molar-refractivity contribution in [1.29, 1.82) is 0 Å². The molecule has 4 rings (SSSR count). The first-order chi connectivity index (χ1) is 13.6. The molecule has 1 N–H and O–H groups in total. The number of ether oxygens (including phenoxy) is 1. The molecule has 2 saturated heterocycles. The van der Waals surface area contributed by atoms with Gasteiger partial charge in [0, 0.05) is 43.3 Å². The lowest BCUT2D eigenvalue weighted by molar-refractivity contribution is -0.119. The molecule has 2 fully saturated rings. The lowest BCUT2D eigenvalue weighted by Gasteiger charge is -2.50. The number of hydrogen-bond acceptors (Lipinski definition) is 4. The van der Waals surface area contributed by atoms with Gasteiger partial charge in [0.25, 0.3) is 0 Å². The Balaban J connectivity index is 1.59. The molecule has 0 radical (unpaired) electrons. The molecule has 0 aliphatic carbocycles. The van der Waals surface area contributed by atoms with Crippen LogP contribution < -0.4 is 0 Å². The lowest BCUT2D eigenvalue weighted by Crippen LogP contribution is -2.62. The van der Waals surface area contributed by atoms with Crippen LogP contribution in [0.4, 0.5) is 4.39 Å². The fourth-order valence-corrected chi connectivity index (χ4v) is 4.60. The van der Waals surface area contributed by atoms with Crippen LogP contribution in [0.3, 0.4) is 0 Å². The molecule has 0 bridgehead atoms. The van der Waals surface area contributed by atoms with Gasteiger partial charge in [-0.2, -0.15) is 0 Å². The second-order valence-electron chi connectivity index (χ2n) is 7.68.